The monoisotopic (exact) mass is 264 g/mol. The predicted molar refractivity (Wildman–Crippen MR) is 80.5 cm³/mol. The van der Waals surface area contributed by atoms with Crippen LogP contribution in [0.25, 0.3) is 0 Å². The molecule has 0 aliphatic heterocycles. The summed E-state index contributed by atoms with van der Waals surface area (Å²) in [5.41, 5.74) is 1.22. The van der Waals surface area contributed by atoms with Gasteiger partial charge in [0.1, 0.15) is 5.75 Å². The summed E-state index contributed by atoms with van der Waals surface area (Å²) in [7, 11) is 0. The van der Waals surface area contributed by atoms with Gasteiger partial charge in [-0.2, -0.15) is 0 Å². The number of rotatable bonds is 8. The maximum absolute atomic E-state index is 5.72. The van der Waals surface area contributed by atoms with Crippen LogP contribution in [0.15, 0.2) is 18.5 Å². The van der Waals surface area contributed by atoms with Crippen molar-refractivity contribution in [1.29, 1.82) is 0 Å². The molecular formula is C16H28N2O. The molecule has 1 heterocycles. The van der Waals surface area contributed by atoms with E-state index in [1.165, 1.54) is 5.56 Å². The molecule has 1 N–H and O–H groups in total. The topological polar surface area (TPSA) is 34.2 Å². The predicted octanol–water partition coefficient (Wildman–Crippen LogP) is 3.96. The molecule has 1 atom stereocenters. The van der Waals surface area contributed by atoms with Crippen LogP contribution in [0.4, 0.5) is 0 Å². The molecule has 0 aromatic carbocycles. The lowest BCUT2D eigenvalue weighted by Gasteiger charge is -2.21. The first-order chi connectivity index (χ1) is 9.02. The van der Waals surface area contributed by atoms with E-state index in [9.17, 15) is 0 Å². The van der Waals surface area contributed by atoms with Gasteiger partial charge in [-0.05, 0) is 50.8 Å². The highest BCUT2D eigenvalue weighted by molar-refractivity contribution is 5.26. The highest BCUT2D eigenvalue weighted by atomic mass is 16.5. The summed E-state index contributed by atoms with van der Waals surface area (Å²) < 4.78 is 5.72. The van der Waals surface area contributed by atoms with E-state index in [1.54, 1.807) is 6.20 Å². The van der Waals surface area contributed by atoms with Crippen molar-refractivity contribution >= 4 is 0 Å². The van der Waals surface area contributed by atoms with E-state index in [0.29, 0.717) is 12.0 Å². The largest absolute Gasteiger partial charge is 0.489 e. The van der Waals surface area contributed by atoms with Crippen molar-refractivity contribution in [1.82, 2.24) is 10.3 Å². The molecule has 19 heavy (non-hydrogen) atoms. The van der Waals surface area contributed by atoms with Gasteiger partial charge in [0, 0.05) is 12.2 Å². The Morgan fingerprint density at radius 3 is 2.53 bits per heavy atom. The van der Waals surface area contributed by atoms with Crippen LogP contribution in [0.1, 0.15) is 59.1 Å². The number of ether oxygens (including phenoxy) is 1. The summed E-state index contributed by atoms with van der Waals surface area (Å²) in [5.74, 6) is 1.52. The summed E-state index contributed by atoms with van der Waals surface area (Å²) in [5, 5.41) is 3.60. The van der Waals surface area contributed by atoms with Gasteiger partial charge in [0.2, 0.25) is 0 Å². The second kappa shape index (κ2) is 8.16. The number of hydrogen-bond donors (Lipinski definition) is 1. The van der Waals surface area contributed by atoms with E-state index in [4.69, 9.17) is 4.74 Å². The van der Waals surface area contributed by atoms with Crippen LogP contribution in [-0.2, 0) is 0 Å². The molecule has 0 saturated heterocycles. The molecule has 0 bridgehead atoms. The first kappa shape index (κ1) is 16.0. The van der Waals surface area contributed by atoms with Crippen LogP contribution in [0.2, 0.25) is 0 Å². The van der Waals surface area contributed by atoms with Gasteiger partial charge in [-0.15, -0.1) is 0 Å². The molecule has 0 aliphatic carbocycles. The smallest absolute Gasteiger partial charge is 0.138 e. The molecule has 0 radical (unpaired) electrons. The van der Waals surface area contributed by atoms with Crippen molar-refractivity contribution in [2.45, 2.75) is 59.6 Å². The lowest BCUT2D eigenvalue weighted by atomic mass is 9.98. The average molecular weight is 264 g/mol. The maximum atomic E-state index is 5.72. The second-order valence-electron chi connectivity index (χ2n) is 5.76. The first-order valence-electron chi connectivity index (χ1n) is 7.37. The van der Waals surface area contributed by atoms with Crippen LogP contribution >= 0.6 is 0 Å². The quantitative estimate of drug-likeness (QED) is 0.772. The van der Waals surface area contributed by atoms with Crippen LogP contribution in [0.3, 0.4) is 0 Å². The van der Waals surface area contributed by atoms with Gasteiger partial charge in [-0.25, -0.2) is 0 Å². The Morgan fingerprint density at radius 1 is 1.21 bits per heavy atom. The molecule has 3 heteroatoms. The lowest BCUT2D eigenvalue weighted by Crippen LogP contribution is -2.23. The fourth-order valence-corrected chi connectivity index (χ4v) is 2.09. The lowest BCUT2D eigenvalue weighted by molar-refractivity contribution is 0.241. The van der Waals surface area contributed by atoms with Crippen LogP contribution in [0, 0.1) is 5.92 Å². The van der Waals surface area contributed by atoms with Crippen LogP contribution in [-0.4, -0.2) is 17.6 Å². The zero-order chi connectivity index (χ0) is 14.3. The van der Waals surface area contributed by atoms with Gasteiger partial charge in [0.05, 0.1) is 12.3 Å². The Hall–Kier alpha value is -1.09. The highest BCUT2D eigenvalue weighted by Gasteiger charge is 2.14. The molecular weight excluding hydrogens is 236 g/mol. The number of aromatic nitrogens is 1. The Morgan fingerprint density at radius 2 is 1.95 bits per heavy atom. The number of pyridine rings is 1. The van der Waals surface area contributed by atoms with Crippen LogP contribution in [0.5, 0.6) is 5.75 Å². The first-order valence-corrected chi connectivity index (χ1v) is 7.37. The molecule has 3 nitrogen and oxygen atoms in total. The zero-order valence-electron chi connectivity index (χ0n) is 12.9. The van der Waals surface area contributed by atoms with Crippen molar-refractivity contribution < 1.29 is 4.74 Å². The molecule has 1 rings (SSSR count). The Bertz CT molecular complexity index is 364. The number of nitrogens with one attached hydrogen (secondary N) is 1. The molecule has 1 unspecified atom stereocenters. The minimum atomic E-state index is 0.184. The fraction of sp³-hybridized carbons (Fsp3) is 0.688. The van der Waals surface area contributed by atoms with E-state index in [0.717, 1.165) is 25.1 Å². The van der Waals surface area contributed by atoms with Crippen molar-refractivity contribution in [2.24, 2.45) is 5.92 Å². The van der Waals surface area contributed by atoms with E-state index in [-0.39, 0.29) is 6.10 Å². The number of hydrogen-bond acceptors (Lipinski definition) is 3. The molecule has 0 aliphatic rings. The third-order valence-electron chi connectivity index (χ3n) is 2.86. The number of nitrogens with zero attached hydrogens (tertiary/aromatic N) is 1. The summed E-state index contributed by atoms with van der Waals surface area (Å²) in [6.07, 6.45) is 6.18. The fourth-order valence-electron chi connectivity index (χ4n) is 2.09. The summed E-state index contributed by atoms with van der Waals surface area (Å²) in [6, 6.07) is 2.48. The molecule has 0 spiro atoms. The molecule has 1 aromatic heterocycles. The highest BCUT2D eigenvalue weighted by Crippen LogP contribution is 2.24. The standard InChI is InChI=1S/C16H28N2O/c1-6-7-18-16(8-12(2)3)14-9-15(11-17-10-14)19-13(4)5/h9-13,16,18H,6-8H2,1-5H3. The summed E-state index contributed by atoms with van der Waals surface area (Å²) >= 11 is 0. The zero-order valence-corrected chi connectivity index (χ0v) is 12.9. The van der Waals surface area contributed by atoms with Crippen molar-refractivity contribution in [2.75, 3.05) is 6.54 Å². The van der Waals surface area contributed by atoms with E-state index >= 15 is 0 Å². The van der Waals surface area contributed by atoms with Gasteiger partial charge in [0.25, 0.3) is 0 Å². The summed E-state index contributed by atoms with van der Waals surface area (Å²) in [4.78, 5) is 4.31. The van der Waals surface area contributed by atoms with Gasteiger partial charge < -0.3 is 10.1 Å². The van der Waals surface area contributed by atoms with Gasteiger partial charge >= 0.3 is 0 Å². The third kappa shape index (κ3) is 6.06. The van der Waals surface area contributed by atoms with Gasteiger partial charge in [-0.3, -0.25) is 4.98 Å². The minimum Gasteiger partial charge on any atom is -0.489 e. The summed E-state index contributed by atoms with van der Waals surface area (Å²) in [6.45, 7) is 11.8. The van der Waals surface area contributed by atoms with Crippen molar-refractivity contribution in [3.63, 3.8) is 0 Å². The molecule has 108 valence electrons. The van der Waals surface area contributed by atoms with E-state index < -0.39 is 0 Å². The maximum Gasteiger partial charge on any atom is 0.138 e. The van der Waals surface area contributed by atoms with Crippen molar-refractivity contribution in [3.05, 3.63) is 24.0 Å². The SMILES string of the molecule is CCCNC(CC(C)C)c1cncc(OC(C)C)c1. The van der Waals surface area contributed by atoms with Gasteiger partial charge in [0.15, 0.2) is 0 Å². The van der Waals surface area contributed by atoms with E-state index in [2.05, 4.69) is 37.1 Å². The Balaban J connectivity index is 2.81. The average Bonchev–Trinajstić information content (AvgIpc) is 2.33. The van der Waals surface area contributed by atoms with Crippen LogP contribution < -0.4 is 10.1 Å². The molecule has 0 amide bonds. The van der Waals surface area contributed by atoms with E-state index in [1.807, 2.05) is 20.0 Å². The van der Waals surface area contributed by atoms with Crippen molar-refractivity contribution in [3.8, 4) is 5.75 Å². The Labute approximate surface area is 117 Å². The second-order valence-corrected chi connectivity index (χ2v) is 5.76. The third-order valence-corrected chi connectivity index (χ3v) is 2.86. The normalized spacial score (nSPS) is 13.0. The molecule has 1 aromatic rings. The van der Waals surface area contributed by atoms with Gasteiger partial charge in [-0.1, -0.05) is 20.8 Å². The Kier molecular flexibility index (Phi) is 6.85. The molecule has 0 saturated carbocycles. The minimum absolute atomic E-state index is 0.184. The molecule has 0 fully saturated rings.